The number of hydrogen-bond acceptors (Lipinski definition) is 5. The molecule has 1 fully saturated rings. The van der Waals surface area contributed by atoms with Gasteiger partial charge in [0.25, 0.3) is 0 Å². The number of unbranched alkanes of at least 4 members (excludes halogenated alkanes) is 4. The summed E-state index contributed by atoms with van der Waals surface area (Å²) in [5, 5.41) is 0. The number of ether oxygens (including phenoxy) is 2. The van der Waals surface area contributed by atoms with Crippen molar-refractivity contribution in [2.24, 2.45) is 0 Å². The lowest BCUT2D eigenvalue weighted by Gasteiger charge is -2.41. The average molecular weight is 433 g/mol. The number of piperazine rings is 1. The molecule has 1 heterocycles. The largest absolute Gasteiger partial charge is 0.463 e. The van der Waals surface area contributed by atoms with Crippen molar-refractivity contribution in [2.45, 2.75) is 84.4 Å². The minimum atomic E-state index is -0.558. The number of amides is 1. The van der Waals surface area contributed by atoms with Crippen LogP contribution in [0.5, 0.6) is 0 Å². The summed E-state index contributed by atoms with van der Waals surface area (Å²) in [6.45, 7) is 10.8. The van der Waals surface area contributed by atoms with Crippen molar-refractivity contribution in [2.75, 3.05) is 26.2 Å². The van der Waals surface area contributed by atoms with Gasteiger partial charge in [0.2, 0.25) is 0 Å². The van der Waals surface area contributed by atoms with E-state index in [9.17, 15) is 9.59 Å². The second-order valence-electron chi connectivity index (χ2n) is 9.40. The van der Waals surface area contributed by atoms with Gasteiger partial charge in [-0.05, 0) is 32.8 Å². The van der Waals surface area contributed by atoms with Crippen LogP contribution in [0, 0.1) is 0 Å². The van der Waals surface area contributed by atoms with Gasteiger partial charge in [0, 0.05) is 32.6 Å². The molecular formula is C25H40N2O4. The predicted molar refractivity (Wildman–Crippen MR) is 123 cm³/mol. The smallest absolute Gasteiger partial charge is 0.410 e. The van der Waals surface area contributed by atoms with E-state index in [2.05, 4.69) is 24.0 Å². The summed E-state index contributed by atoms with van der Waals surface area (Å²) in [7, 11) is 0. The predicted octanol–water partition coefficient (Wildman–Crippen LogP) is 5.01. The average Bonchev–Trinajstić information content (AvgIpc) is 2.71. The number of carbonyl (C=O) groups is 2. The van der Waals surface area contributed by atoms with Crippen LogP contribution >= 0.6 is 0 Å². The molecule has 1 unspecified atom stereocenters. The Morgan fingerprint density at radius 3 is 2.42 bits per heavy atom. The third kappa shape index (κ3) is 9.72. The number of carbonyl (C=O) groups excluding carboxylic acids is 2. The van der Waals surface area contributed by atoms with Gasteiger partial charge in [-0.25, -0.2) is 4.79 Å². The molecule has 1 saturated heterocycles. The van der Waals surface area contributed by atoms with Crippen molar-refractivity contribution in [3.63, 3.8) is 0 Å². The zero-order valence-corrected chi connectivity index (χ0v) is 19.8. The Labute approximate surface area is 187 Å². The molecule has 1 aromatic carbocycles. The molecule has 174 valence electrons. The SMILES string of the molecule is CCCCCCCC(=O)OCC1CN(Cc2ccccc2)CCN1C(=O)OC(C)(C)C. The highest BCUT2D eigenvalue weighted by Crippen LogP contribution is 2.18. The van der Waals surface area contributed by atoms with Crippen molar-refractivity contribution in [1.29, 1.82) is 0 Å². The Morgan fingerprint density at radius 1 is 1.03 bits per heavy atom. The topological polar surface area (TPSA) is 59.1 Å². The first-order valence-electron chi connectivity index (χ1n) is 11.7. The molecule has 6 heteroatoms. The van der Waals surface area contributed by atoms with Crippen LogP contribution in [0.2, 0.25) is 0 Å². The fourth-order valence-corrected chi connectivity index (χ4v) is 3.74. The second kappa shape index (κ2) is 12.7. The van der Waals surface area contributed by atoms with Crippen LogP contribution in [0.25, 0.3) is 0 Å². The van der Waals surface area contributed by atoms with E-state index in [1.807, 2.05) is 39.0 Å². The van der Waals surface area contributed by atoms with E-state index in [1.165, 1.54) is 18.4 Å². The molecule has 0 bridgehead atoms. The summed E-state index contributed by atoms with van der Waals surface area (Å²) >= 11 is 0. The quantitative estimate of drug-likeness (QED) is 0.384. The summed E-state index contributed by atoms with van der Waals surface area (Å²) in [5.41, 5.74) is 0.675. The zero-order valence-electron chi connectivity index (χ0n) is 19.8. The highest BCUT2D eigenvalue weighted by atomic mass is 16.6. The zero-order chi connectivity index (χ0) is 22.7. The lowest BCUT2D eigenvalue weighted by atomic mass is 10.1. The molecule has 31 heavy (non-hydrogen) atoms. The lowest BCUT2D eigenvalue weighted by molar-refractivity contribution is -0.146. The first-order valence-corrected chi connectivity index (χ1v) is 11.7. The van der Waals surface area contributed by atoms with Crippen molar-refractivity contribution >= 4 is 12.1 Å². The van der Waals surface area contributed by atoms with E-state index < -0.39 is 5.60 Å². The molecule has 1 atom stereocenters. The molecule has 0 aromatic heterocycles. The lowest BCUT2D eigenvalue weighted by Crippen LogP contribution is -2.57. The summed E-state index contributed by atoms with van der Waals surface area (Å²) in [6.07, 6.45) is 5.57. The van der Waals surface area contributed by atoms with Crippen LogP contribution in [0.15, 0.2) is 30.3 Å². The maximum atomic E-state index is 12.8. The van der Waals surface area contributed by atoms with E-state index in [0.29, 0.717) is 19.5 Å². The van der Waals surface area contributed by atoms with Gasteiger partial charge in [-0.1, -0.05) is 62.9 Å². The van der Waals surface area contributed by atoms with Gasteiger partial charge in [-0.2, -0.15) is 0 Å². The molecule has 6 nitrogen and oxygen atoms in total. The fraction of sp³-hybridized carbons (Fsp3) is 0.680. The van der Waals surface area contributed by atoms with Crippen LogP contribution in [-0.2, 0) is 20.8 Å². The van der Waals surface area contributed by atoms with E-state index in [1.54, 1.807) is 4.90 Å². The molecule has 0 radical (unpaired) electrons. The summed E-state index contributed by atoms with van der Waals surface area (Å²) < 4.78 is 11.2. The van der Waals surface area contributed by atoms with Gasteiger partial charge in [0.15, 0.2) is 0 Å². The van der Waals surface area contributed by atoms with Gasteiger partial charge in [-0.15, -0.1) is 0 Å². The fourth-order valence-electron chi connectivity index (χ4n) is 3.74. The minimum absolute atomic E-state index is 0.180. The van der Waals surface area contributed by atoms with Crippen molar-refractivity contribution < 1.29 is 19.1 Å². The highest BCUT2D eigenvalue weighted by Gasteiger charge is 2.34. The Morgan fingerprint density at radius 2 is 1.74 bits per heavy atom. The number of nitrogens with zero attached hydrogens (tertiary/aromatic N) is 2. The van der Waals surface area contributed by atoms with Crippen LogP contribution in [0.4, 0.5) is 4.79 Å². The summed E-state index contributed by atoms with van der Waals surface area (Å²) in [4.78, 5) is 29.0. The van der Waals surface area contributed by atoms with E-state index in [-0.39, 0.29) is 24.7 Å². The van der Waals surface area contributed by atoms with E-state index >= 15 is 0 Å². The van der Waals surface area contributed by atoms with Crippen LogP contribution < -0.4 is 0 Å². The first-order chi connectivity index (χ1) is 14.8. The Bertz CT molecular complexity index is 672. The first kappa shape index (κ1) is 25.2. The molecule has 0 aliphatic carbocycles. The van der Waals surface area contributed by atoms with Crippen LogP contribution in [0.3, 0.4) is 0 Å². The van der Waals surface area contributed by atoms with Crippen molar-refractivity contribution in [1.82, 2.24) is 9.80 Å². The van der Waals surface area contributed by atoms with Crippen LogP contribution in [0.1, 0.15) is 71.8 Å². The molecule has 0 N–H and O–H groups in total. The van der Waals surface area contributed by atoms with Crippen molar-refractivity contribution in [3.8, 4) is 0 Å². The van der Waals surface area contributed by atoms with E-state index in [4.69, 9.17) is 9.47 Å². The maximum Gasteiger partial charge on any atom is 0.410 e. The maximum absolute atomic E-state index is 12.8. The molecule has 0 spiro atoms. The molecule has 2 rings (SSSR count). The number of hydrogen-bond donors (Lipinski definition) is 0. The molecule has 1 aliphatic heterocycles. The molecule has 1 amide bonds. The standard InChI is InChI=1S/C25H40N2O4/c1-5-6-7-8-12-15-23(28)30-20-22-19-26(18-21-13-10-9-11-14-21)16-17-27(22)24(29)31-25(2,3)4/h9-11,13-14,22H,5-8,12,15-20H2,1-4H3. The normalized spacial score (nSPS) is 17.4. The summed E-state index contributed by atoms with van der Waals surface area (Å²) in [6, 6.07) is 10.1. The van der Waals surface area contributed by atoms with Gasteiger partial charge >= 0.3 is 12.1 Å². The third-order valence-electron chi connectivity index (χ3n) is 5.37. The minimum Gasteiger partial charge on any atom is -0.463 e. The highest BCUT2D eigenvalue weighted by molar-refractivity contribution is 5.70. The molecular weight excluding hydrogens is 392 g/mol. The van der Waals surface area contributed by atoms with E-state index in [0.717, 1.165) is 32.4 Å². The third-order valence-corrected chi connectivity index (χ3v) is 5.37. The summed E-state index contributed by atoms with van der Waals surface area (Å²) in [5.74, 6) is -0.180. The second-order valence-corrected chi connectivity index (χ2v) is 9.40. The Kier molecular flexibility index (Phi) is 10.3. The Hall–Kier alpha value is -2.08. The van der Waals surface area contributed by atoms with Gasteiger partial charge < -0.3 is 9.47 Å². The number of rotatable bonds is 10. The Balaban J connectivity index is 1.92. The molecule has 1 aromatic rings. The monoisotopic (exact) mass is 432 g/mol. The van der Waals surface area contributed by atoms with Gasteiger partial charge in [0.05, 0.1) is 6.04 Å². The molecule has 0 saturated carbocycles. The number of esters is 1. The van der Waals surface area contributed by atoms with Crippen molar-refractivity contribution in [3.05, 3.63) is 35.9 Å². The van der Waals surface area contributed by atoms with Gasteiger partial charge in [-0.3, -0.25) is 14.6 Å². The number of benzene rings is 1. The molecule has 1 aliphatic rings. The van der Waals surface area contributed by atoms with Gasteiger partial charge in [0.1, 0.15) is 12.2 Å². The van der Waals surface area contributed by atoms with Crippen LogP contribution in [-0.4, -0.2) is 59.7 Å².